The highest BCUT2D eigenvalue weighted by atomic mass is 16.3. The fourth-order valence-corrected chi connectivity index (χ4v) is 1.21. The molecule has 1 aromatic rings. The van der Waals surface area contributed by atoms with Gasteiger partial charge < -0.3 is 10.0 Å². The molecule has 1 amide bonds. The largest absolute Gasteiger partial charge is 0.396 e. The molecule has 0 unspecified atom stereocenters. The Labute approximate surface area is 82.7 Å². The molecular weight excluding hydrogens is 182 g/mol. The number of hydrogen-bond acceptors (Lipinski definition) is 3. The molecule has 0 aliphatic heterocycles. The van der Waals surface area contributed by atoms with Gasteiger partial charge in [-0.05, 0) is 19.4 Å². The molecule has 5 heteroatoms. The van der Waals surface area contributed by atoms with Gasteiger partial charge in [0.1, 0.15) is 5.69 Å². The topological polar surface area (TPSA) is 69.2 Å². The quantitative estimate of drug-likeness (QED) is 0.711. The van der Waals surface area contributed by atoms with E-state index in [1.807, 2.05) is 6.92 Å². The minimum Gasteiger partial charge on any atom is -0.396 e. The predicted molar refractivity (Wildman–Crippen MR) is 51.9 cm³/mol. The molecule has 0 saturated carbocycles. The Morgan fingerprint density at radius 2 is 2.50 bits per heavy atom. The second kappa shape index (κ2) is 5.39. The maximum atomic E-state index is 11.7. The van der Waals surface area contributed by atoms with Crippen molar-refractivity contribution in [1.82, 2.24) is 15.1 Å². The van der Waals surface area contributed by atoms with Crippen molar-refractivity contribution in [3.05, 3.63) is 18.0 Å². The van der Waals surface area contributed by atoms with Gasteiger partial charge in [-0.1, -0.05) is 0 Å². The zero-order valence-electron chi connectivity index (χ0n) is 8.23. The van der Waals surface area contributed by atoms with E-state index < -0.39 is 0 Å². The lowest BCUT2D eigenvalue weighted by molar-refractivity contribution is 0.0748. The lowest BCUT2D eigenvalue weighted by Crippen LogP contribution is -2.32. The van der Waals surface area contributed by atoms with Crippen molar-refractivity contribution >= 4 is 5.91 Å². The third-order valence-corrected chi connectivity index (χ3v) is 1.99. The Kier molecular flexibility index (Phi) is 4.12. The Balaban J connectivity index is 2.56. The van der Waals surface area contributed by atoms with Gasteiger partial charge in [-0.3, -0.25) is 9.89 Å². The number of nitrogens with zero attached hydrogens (tertiary/aromatic N) is 2. The molecule has 0 radical (unpaired) electrons. The first-order valence-electron chi connectivity index (χ1n) is 4.69. The van der Waals surface area contributed by atoms with Gasteiger partial charge >= 0.3 is 0 Å². The van der Waals surface area contributed by atoms with E-state index in [1.54, 1.807) is 17.2 Å². The smallest absolute Gasteiger partial charge is 0.271 e. The number of carbonyl (C=O) groups is 1. The average molecular weight is 197 g/mol. The molecule has 78 valence electrons. The van der Waals surface area contributed by atoms with Gasteiger partial charge in [-0.15, -0.1) is 0 Å². The monoisotopic (exact) mass is 197 g/mol. The third-order valence-electron chi connectivity index (χ3n) is 1.99. The molecule has 0 spiro atoms. The van der Waals surface area contributed by atoms with Crippen molar-refractivity contribution in [3.8, 4) is 0 Å². The van der Waals surface area contributed by atoms with Crippen LogP contribution in [0, 0.1) is 0 Å². The lowest BCUT2D eigenvalue weighted by atomic mass is 10.3. The molecule has 0 saturated heterocycles. The Bertz CT molecular complexity index is 272. The number of aromatic nitrogens is 2. The molecule has 2 N–H and O–H groups in total. The Morgan fingerprint density at radius 1 is 1.71 bits per heavy atom. The number of aliphatic hydroxyl groups is 1. The number of amides is 1. The first-order valence-corrected chi connectivity index (χ1v) is 4.69. The molecule has 14 heavy (non-hydrogen) atoms. The summed E-state index contributed by atoms with van der Waals surface area (Å²) in [6, 6.07) is 1.64. The summed E-state index contributed by atoms with van der Waals surface area (Å²) in [6.45, 7) is 3.22. The second-order valence-corrected chi connectivity index (χ2v) is 2.93. The van der Waals surface area contributed by atoms with Crippen molar-refractivity contribution in [2.75, 3.05) is 19.7 Å². The number of aliphatic hydroxyl groups excluding tert-OH is 1. The Morgan fingerprint density at radius 3 is 3.00 bits per heavy atom. The van der Waals surface area contributed by atoms with Crippen LogP contribution in [0.1, 0.15) is 23.8 Å². The van der Waals surface area contributed by atoms with Crippen LogP contribution in [0.4, 0.5) is 0 Å². The fourth-order valence-electron chi connectivity index (χ4n) is 1.21. The molecule has 5 nitrogen and oxygen atoms in total. The highest BCUT2D eigenvalue weighted by molar-refractivity contribution is 5.92. The van der Waals surface area contributed by atoms with E-state index in [4.69, 9.17) is 5.11 Å². The van der Waals surface area contributed by atoms with E-state index in [2.05, 4.69) is 10.2 Å². The van der Waals surface area contributed by atoms with Crippen LogP contribution in [-0.2, 0) is 0 Å². The number of nitrogens with one attached hydrogen (secondary N) is 1. The summed E-state index contributed by atoms with van der Waals surface area (Å²) in [7, 11) is 0. The second-order valence-electron chi connectivity index (χ2n) is 2.93. The highest BCUT2D eigenvalue weighted by Crippen LogP contribution is 2.01. The van der Waals surface area contributed by atoms with Crippen molar-refractivity contribution in [2.45, 2.75) is 13.3 Å². The minimum atomic E-state index is -0.0709. The summed E-state index contributed by atoms with van der Waals surface area (Å²) >= 11 is 0. The van der Waals surface area contributed by atoms with E-state index in [1.165, 1.54) is 0 Å². The van der Waals surface area contributed by atoms with Crippen LogP contribution >= 0.6 is 0 Å². The summed E-state index contributed by atoms with van der Waals surface area (Å²) < 4.78 is 0. The summed E-state index contributed by atoms with van der Waals surface area (Å²) in [5.74, 6) is -0.0709. The number of aromatic amines is 1. The number of rotatable bonds is 5. The van der Waals surface area contributed by atoms with Crippen molar-refractivity contribution < 1.29 is 9.90 Å². The van der Waals surface area contributed by atoms with Crippen LogP contribution in [0.15, 0.2) is 12.3 Å². The van der Waals surface area contributed by atoms with E-state index in [0.29, 0.717) is 25.2 Å². The lowest BCUT2D eigenvalue weighted by Gasteiger charge is -2.19. The van der Waals surface area contributed by atoms with Gasteiger partial charge in [-0.25, -0.2) is 0 Å². The van der Waals surface area contributed by atoms with E-state index >= 15 is 0 Å². The first-order chi connectivity index (χ1) is 6.79. The van der Waals surface area contributed by atoms with Crippen LogP contribution < -0.4 is 0 Å². The van der Waals surface area contributed by atoms with E-state index in [0.717, 1.165) is 0 Å². The zero-order chi connectivity index (χ0) is 10.4. The molecule has 1 heterocycles. The van der Waals surface area contributed by atoms with Gasteiger partial charge in [0.15, 0.2) is 0 Å². The van der Waals surface area contributed by atoms with Crippen molar-refractivity contribution in [1.29, 1.82) is 0 Å². The Hall–Kier alpha value is -1.36. The van der Waals surface area contributed by atoms with Gasteiger partial charge in [0, 0.05) is 25.9 Å². The minimum absolute atomic E-state index is 0.0709. The molecule has 0 bridgehead atoms. The van der Waals surface area contributed by atoms with Crippen LogP contribution in [-0.4, -0.2) is 45.8 Å². The molecule has 1 rings (SSSR count). The van der Waals surface area contributed by atoms with E-state index in [-0.39, 0.29) is 12.5 Å². The standard InChI is InChI=1S/C9H15N3O2/c1-2-12(6-3-7-13)9(14)8-4-5-10-11-8/h4-5,13H,2-3,6-7H2,1H3,(H,10,11). The van der Waals surface area contributed by atoms with Crippen LogP contribution in [0.25, 0.3) is 0 Å². The predicted octanol–water partition coefficient (Wildman–Crippen LogP) is 0.254. The third kappa shape index (κ3) is 2.56. The summed E-state index contributed by atoms with van der Waals surface area (Å²) in [5.41, 5.74) is 0.491. The number of carbonyl (C=O) groups excluding carboxylic acids is 1. The molecule has 1 aromatic heterocycles. The van der Waals surface area contributed by atoms with Crippen LogP contribution in [0.3, 0.4) is 0 Å². The molecular formula is C9H15N3O2. The van der Waals surface area contributed by atoms with Gasteiger partial charge in [0.2, 0.25) is 0 Å². The summed E-state index contributed by atoms with van der Waals surface area (Å²) in [5, 5.41) is 15.0. The maximum Gasteiger partial charge on any atom is 0.271 e. The number of hydrogen-bond donors (Lipinski definition) is 2. The molecule has 0 fully saturated rings. The highest BCUT2D eigenvalue weighted by Gasteiger charge is 2.14. The maximum absolute atomic E-state index is 11.7. The normalized spacial score (nSPS) is 10.1. The molecule has 0 aliphatic rings. The van der Waals surface area contributed by atoms with Crippen LogP contribution in [0.5, 0.6) is 0 Å². The molecule has 0 atom stereocenters. The molecule has 0 aliphatic carbocycles. The zero-order valence-corrected chi connectivity index (χ0v) is 8.23. The van der Waals surface area contributed by atoms with E-state index in [9.17, 15) is 4.79 Å². The number of H-pyrrole nitrogens is 1. The SMILES string of the molecule is CCN(CCCO)C(=O)c1ccn[nH]1. The molecule has 0 aromatic carbocycles. The fraction of sp³-hybridized carbons (Fsp3) is 0.556. The van der Waals surface area contributed by atoms with Gasteiger partial charge in [0.05, 0.1) is 0 Å². The van der Waals surface area contributed by atoms with Gasteiger partial charge in [0.25, 0.3) is 5.91 Å². The van der Waals surface area contributed by atoms with Gasteiger partial charge in [-0.2, -0.15) is 5.10 Å². The average Bonchev–Trinajstić information content (AvgIpc) is 2.71. The summed E-state index contributed by atoms with van der Waals surface area (Å²) in [4.78, 5) is 13.4. The van der Waals surface area contributed by atoms with Crippen molar-refractivity contribution in [3.63, 3.8) is 0 Å². The van der Waals surface area contributed by atoms with Crippen molar-refractivity contribution in [2.24, 2.45) is 0 Å². The summed E-state index contributed by atoms with van der Waals surface area (Å²) in [6.07, 6.45) is 2.15. The first kappa shape index (κ1) is 10.7. The van der Waals surface area contributed by atoms with Crippen LogP contribution in [0.2, 0.25) is 0 Å².